The van der Waals surface area contributed by atoms with Gasteiger partial charge in [-0.05, 0) is 51.4 Å². The van der Waals surface area contributed by atoms with Crippen LogP contribution < -0.4 is 5.32 Å². The van der Waals surface area contributed by atoms with E-state index in [1.54, 1.807) is 0 Å². The Hall–Kier alpha value is -1.40. The topological polar surface area (TPSA) is 95.9 Å². The summed E-state index contributed by atoms with van der Waals surface area (Å²) in [6.07, 6.45) is 79.8. The summed E-state index contributed by atoms with van der Waals surface area (Å²) in [7, 11) is 0. The normalized spacial score (nSPS) is 12.5. The van der Waals surface area contributed by atoms with Crippen molar-refractivity contribution in [1.82, 2.24) is 5.32 Å². The third-order valence-electron chi connectivity index (χ3n) is 16.3. The summed E-state index contributed by atoms with van der Waals surface area (Å²) in [5, 5.41) is 23.3. The number of hydrogen-bond acceptors (Lipinski definition) is 5. The van der Waals surface area contributed by atoms with E-state index in [-0.39, 0.29) is 18.5 Å². The van der Waals surface area contributed by atoms with Crippen LogP contribution in [-0.4, -0.2) is 47.4 Å². The van der Waals surface area contributed by atoms with E-state index >= 15 is 0 Å². The lowest BCUT2D eigenvalue weighted by Crippen LogP contribution is -2.45. The van der Waals surface area contributed by atoms with Crippen molar-refractivity contribution in [1.29, 1.82) is 0 Å². The van der Waals surface area contributed by atoms with E-state index in [4.69, 9.17) is 4.74 Å². The number of carbonyl (C=O) groups is 2. The van der Waals surface area contributed by atoms with E-state index in [2.05, 4.69) is 31.3 Å². The first-order chi connectivity index (χ1) is 37.0. The predicted octanol–water partition coefficient (Wildman–Crippen LogP) is 22.0. The molecule has 0 saturated carbocycles. The van der Waals surface area contributed by atoms with E-state index in [0.29, 0.717) is 25.9 Å². The number of rotatable bonds is 65. The second-order valence-electron chi connectivity index (χ2n) is 23.9. The van der Waals surface area contributed by atoms with Crippen LogP contribution in [0.2, 0.25) is 0 Å². The Bertz CT molecular complexity index is 1130. The Morgan fingerprint density at radius 2 is 0.627 bits per heavy atom. The molecule has 75 heavy (non-hydrogen) atoms. The summed E-state index contributed by atoms with van der Waals surface area (Å²) in [6.45, 7) is 4.98. The van der Waals surface area contributed by atoms with Crippen molar-refractivity contribution in [3.8, 4) is 0 Å². The first-order valence-corrected chi connectivity index (χ1v) is 34.4. The van der Waals surface area contributed by atoms with Crippen molar-refractivity contribution in [2.75, 3.05) is 13.2 Å². The molecule has 0 spiro atoms. The molecule has 0 aliphatic heterocycles. The first-order valence-electron chi connectivity index (χ1n) is 34.4. The summed E-state index contributed by atoms with van der Waals surface area (Å²) < 4.78 is 5.48. The van der Waals surface area contributed by atoms with Gasteiger partial charge in [-0.15, -0.1) is 0 Å². The summed E-state index contributed by atoms with van der Waals surface area (Å²) in [4.78, 5) is 24.5. The molecule has 6 nitrogen and oxygen atoms in total. The van der Waals surface area contributed by atoms with Crippen LogP contribution in [0, 0.1) is 0 Å². The summed E-state index contributed by atoms with van der Waals surface area (Å²) in [5.41, 5.74) is 0. The quantitative estimate of drug-likeness (QED) is 0.0320. The average molecular weight is 1060 g/mol. The second kappa shape index (κ2) is 65.1. The first kappa shape index (κ1) is 73.6. The highest BCUT2D eigenvalue weighted by molar-refractivity contribution is 5.76. The van der Waals surface area contributed by atoms with Gasteiger partial charge in [-0.3, -0.25) is 9.59 Å². The molecule has 0 aliphatic carbocycles. The number of ether oxygens (including phenoxy) is 1. The van der Waals surface area contributed by atoms with Crippen LogP contribution in [0.15, 0.2) is 12.2 Å². The molecule has 0 saturated heterocycles. The SMILES string of the molecule is CCCCCCCCCCCCCCCC(O)C(CO)NC(=O)CCCCCCCCCCCCCCCCCCC/C=C\CCCCCCCCCCCCCCOC(=O)CCCCCCCCCCCCCC. The molecular formula is C69H135NO5. The molecule has 0 fully saturated rings. The van der Waals surface area contributed by atoms with E-state index in [9.17, 15) is 19.8 Å². The Morgan fingerprint density at radius 3 is 0.947 bits per heavy atom. The lowest BCUT2D eigenvalue weighted by Gasteiger charge is -2.22. The van der Waals surface area contributed by atoms with Gasteiger partial charge in [0.1, 0.15) is 0 Å². The number of unbranched alkanes of at least 4 members (excludes halogenated alkanes) is 52. The fourth-order valence-corrected chi connectivity index (χ4v) is 11.1. The zero-order valence-corrected chi connectivity index (χ0v) is 51.1. The van der Waals surface area contributed by atoms with Crippen molar-refractivity contribution >= 4 is 11.9 Å². The van der Waals surface area contributed by atoms with Crippen molar-refractivity contribution in [3.05, 3.63) is 12.2 Å². The molecule has 2 unspecified atom stereocenters. The maximum atomic E-state index is 12.5. The lowest BCUT2D eigenvalue weighted by molar-refractivity contribution is -0.143. The van der Waals surface area contributed by atoms with Gasteiger partial charge in [-0.2, -0.15) is 0 Å². The highest BCUT2D eigenvalue weighted by Gasteiger charge is 2.20. The Balaban J connectivity index is 3.33. The van der Waals surface area contributed by atoms with Gasteiger partial charge >= 0.3 is 5.97 Å². The highest BCUT2D eigenvalue weighted by Crippen LogP contribution is 2.19. The third-order valence-corrected chi connectivity index (χ3v) is 16.3. The zero-order chi connectivity index (χ0) is 54.3. The summed E-state index contributed by atoms with van der Waals surface area (Å²) in [5.74, 6) is -0.00948. The van der Waals surface area contributed by atoms with Crippen LogP contribution in [0.5, 0.6) is 0 Å². The molecule has 0 aromatic rings. The van der Waals surface area contributed by atoms with Gasteiger partial charge < -0.3 is 20.3 Å². The molecule has 0 aromatic heterocycles. The van der Waals surface area contributed by atoms with Crippen molar-refractivity contribution in [2.45, 2.75) is 405 Å². The molecule has 2 atom stereocenters. The van der Waals surface area contributed by atoms with Crippen molar-refractivity contribution in [3.63, 3.8) is 0 Å². The molecule has 0 rings (SSSR count). The number of hydrogen-bond donors (Lipinski definition) is 3. The number of aliphatic hydroxyl groups excluding tert-OH is 2. The molecule has 3 N–H and O–H groups in total. The van der Waals surface area contributed by atoms with Crippen LogP contribution in [0.1, 0.15) is 393 Å². The standard InChI is InChI=1S/C69H135NO5/c1-3-5-7-9-11-13-15-38-41-45-49-53-57-61-67(72)66(65-71)70-68(73)62-58-54-50-46-42-39-36-34-32-30-28-26-24-22-20-18-17-19-21-23-25-27-29-31-33-35-37-40-44-48-52-56-60-64-75-69(74)63-59-55-51-47-43-16-14-12-10-8-6-4-2/h21,23,66-67,71-72H,3-20,22,24-65H2,1-2H3,(H,70,73)/b23-21-. The fourth-order valence-electron chi connectivity index (χ4n) is 11.1. The van der Waals surface area contributed by atoms with Crippen LogP contribution in [-0.2, 0) is 14.3 Å². The Morgan fingerprint density at radius 1 is 0.360 bits per heavy atom. The number of aliphatic hydroxyl groups is 2. The minimum atomic E-state index is -0.660. The van der Waals surface area contributed by atoms with Crippen LogP contribution >= 0.6 is 0 Å². The molecule has 446 valence electrons. The van der Waals surface area contributed by atoms with Crippen LogP contribution in [0.4, 0.5) is 0 Å². The number of allylic oxidation sites excluding steroid dienone is 2. The second-order valence-corrected chi connectivity index (χ2v) is 23.9. The van der Waals surface area contributed by atoms with Gasteiger partial charge in [-0.25, -0.2) is 0 Å². The van der Waals surface area contributed by atoms with E-state index in [0.717, 1.165) is 38.5 Å². The molecule has 1 amide bonds. The van der Waals surface area contributed by atoms with Crippen LogP contribution in [0.25, 0.3) is 0 Å². The monoisotopic (exact) mass is 1060 g/mol. The highest BCUT2D eigenvalue weighted by atomic mass is 16.5. The minimum absolute atomic E-state index is 0.0201. The van der Waals surface area contributed by atoms with Crippen molar-refractivity contribution < 1.29 is 24.5 Å². The number of nitrogens with one attached hydrogen (secondary N) is 1. The Kier molecular flexibility index (Phi) is 63.9. The number of carbonyl (C=O) groups excluding carboxylic acids is 2. The predicted molar refractivity (Wildman–Crippen MR) is 329 cm³/mol. The van der Waals surface area contributed by atoms with Crippen molar-refractivity contribution in [2.24, 2.45) is 0 Å². The van der Waals surface area contributed by atoms with Gasteiger partial charge in [0.2, 0.25) is 5.91 Å². The zero-order valence-electron chi connectivity index (χ0n) is 51.1. The minimum Gasteiger partial charge on any atom is -0.466 e. The van der Waals surface area contributed by atoms with Gasteiger partial charge in [-0.1, -0.05) is 341 Å². The molecule has 0 aromatic carbocycles. The molecular weight excluding hydrogens is 923 g/mol. The number of esters is 1. The summed E-state index contributed by atoms with van der Waals surface area (Å²) >= 11 is 0. The maximum absolute atomic E-state index is 12.5. The van der Waals surface area contributed by atoms with E-state index in [1.807, 2.05) is 0 Å². The Labute approximate surface area is 469 Å². The fraction of sp³-hybridized carbons (Fsp3) is 0.942. The smallest absolute Gasteiger partial charge is 0.305 e. The van der Waals surface area contributed by atoms with Gasteiger partial charge in [0.15, 0.2) is 0 Å². The molecule has 6 heteroatoms. The van der Waals surface area contributed by atoms with Gasteiger partial charge in [0, 0.05) is 12.8 Å². The lowest BCUT2D eigenvalue weighted by atomic mass is 10.0. The molecule has 0 heterocycles. The maximum Gasteiger partial charge on any atom is 0.305 e. The number of amides is 1. The molecule has 0 bridgehead atoms. The van der Waals surface area contributed by atoms with Crippen LogP contribution in [0.3, 0.4) is 0 Å². The largest absolute Gasteiger partial charge is 0.466 e. The third kappa shape index (κ3) is 61.7. The van der Waals surface area contributed by atoms with Gasteiger partial charge in [0.05, 0.1) is 25.4 Å². The summed E-state index contributed by atoms with van der Waals surface area (Å²) in [6, 6.07) is -0.537. The van der Waals surface area contributed by atoms with Gasteiger partial charge in [0.25, 0.3) is 0 Å². The molecule has 0 aliphatic rings. The average Bonchev–Trinajstić information content (AvgIpc) is 3.41. The van der Waals surface area contributed by atoms with E-state index in [1.165, 1.54) is 321 Å². The molecule has 0 radical (unpaired) electrons. The van der Waals surface area contributed by atoms with E-state index < -0.39 is 12.1 Å².